The molecule has 0 aromatic heterocycles. The SMILES string of the molecule is CCCCCCCCCCC(CO)OC(=O)C1CCCCC1C(=O)OCC(CO)(COC(=O)C1CCCCC1C(=O)OC(CO)COC(=O)CCCCCCCCC)COC(=O)C1CCCCC1C(=O)OC(CO)COC(=O)CCCCCCCCC. The summed E-state index contributed by atoms with van der Waals surface area (Å²) in [6.45, 7) is 1.23. The third-order valence-electron chi connectivity index (χ3n) is 17.7. The molecule has 9 atom stereocenters. The van der Waals surface area contributed by atoms with Crippen molar-refractivity contribution in [3.05, 3.63) is 0 Å². The van der Waals surface area contributed by atoms with Crippen LogP contribution in [-0.4, -0.2) is 146 Å². The second kappa shape index (κ2) is 46.6. The van der Waals surface area contributed by atoms with Crippen molar-refractivity contribution in [2.75, 3.05) is 59.5 Å². The van der Waals surface area contributed by atoms with Crippen LogP contribution in [0.4, 0.5) is 0 Å². The van der Waals surface area contributed by atoms with Crippen LogP contribution in [-0.2, 0) is 76.3 Å². The smallest absolute Gasteiger partial charge is 0.310 e. The summed E-state index contributed by atoms with van der Waals surface area (Å²) in [6, 6.07) is 0. The second-order valence-corrected chi connectivity index (χ2v) is 25.1. The predicted molar refractivity (Wildman–Crippen MR) is 324 cm³/mol. The van der Waals surface area contributed by atoms with Gasteiger partial charge in [0.15, 0.2) is 12.2 Å². The standard InChI is InChI=1S/C67H114O20/c1-4-7-10-13-16-19-20-23-32-50(41-68)85-64(77)56-36-29-26-33-53(56)61(74)82-47-67(46-71,48-83-62(75)54-34-27-30-37-57(54)65(78)86-51(42-69)44-80-59(72)39-24-21-17-14-11-8-5-2)49-84-63(76)55-35-28-31-38-58(55)66(79)87-52(43-70)45-81-60(73)40-25-22-18-15-12-9-6-3/h50-58,68-71H,4-49H2,1-3H3. The summed E-state index contributed by atoms with van der Waals surface area (Å²) in [5.74, 6) is -11.6. The zero-order valence-corrected chi connectivity index (χ0v) is 53.5. The highest BCUT2D eigenvalue weighted by atomic mass is 16.6. The maximum atomic E-state index is 14.2. The Morgan fingerprint density at radius 2 is 0.609 bits per heavy atom. The number of esters is 8. The van der Waals surface area contributed by atoms with Gasteiger partial charge in [-0.2, -0.15) is 0 Å². The van der Waals surface area contributed by atoms with Gasteiger partial charge in [-0.3, -0.25) is 38.4 Å². The van der Waals surface area contributed by atoms with E-state index in [0.717, 1.165) is 89.9 Å². The largest absolute Gasteiger partial charge is 0.464 e. The minimum atomic E-state index is -1.80. The molecule has 3 rings (SSSR count). The molecule has 3 aliphatic rings. The minimum Gasteiger partial charge on any atom is -0.464 e. The van der Waals surface area contributed by atoms with Crippen LogP contribution in [0.15, 0.2) is 0 Å². The van der Waals surface area contributed by atoms with Crippen molar-refractivity contribution >= 4 is 47.8 Å². The minimum absolute atomic E-state index is 0.188. The molecule has 0 heterocycles. The molecular formula is C67H114O20. The lowest BCUT2D eigenvalue weighted by Gasteiger charge is -2.35. The molecule has 0 spiro atoms. The van der Waals surface area contributed by atoms with Crippen molar-refractivity contribution < 1.29 is 96.7 Å². The lowest BCUT2D eigenvalue weighted by Crippen LogP contribution is -2.46. The fraction of sp³-hybridized carbons (Fsp3) is 0.881. The number of carbonyl (C=O) groups is 8. The third kappa shape index (κ3) is 30.8. The number of unbranched alkanes of at least 4 members (excludes halogenated alkanes) is 19. The van der Waals surface area contributed by atoms with Gasteiger partial charge < -0.3 is 58.3 Å². The summed E-state index contributed by atoms with van der Waals surface area (Å²) in [7, 11) is 0. The normalized spacial score (nSPS) is 21.2. The van der Waals surface area contributed by atoms with Crippen LogP contribution >= 0.6 is 0 Å². The monoisotopic (exact) mass is 1240 g/mol. The zero-order valence-electron chi connectivity index (χ0n) is 53.5. The summed E-state index contributed by atoms with van der Waals surface area (Å²) < 4.78 is 45.5. The first-order valence-electron chi connectivity index (χ1n) is 34.1. The molecule has 3 aliphatic carbocycles. The topological polar surface area (TPSA) is 291 Å². The van der Waals surface area contributed by atoms with E-state index in [1.54, 1.807) is 0 Å². The summed E-state index contributed by atoms with van der Waals surface area (Å²) >= 11 is 0. The molecule has 0 aromatic carbocycles. The first kappa shape index (κ1) is 76.8. The van der Waals surface area contributed by atoms with E-state index in [1.807, 2.05) is 0 Å². The molecule has 502 valence electrons. The van der Waals surface area contributed by atoms with E-state index in [-0.39, 0.29) is 64.8 Å². The number of carbonyl (C=O) groups excluding carboxylic acids is 8. The van der Waals surface area contributed by atoms with Crippen LogP contribution in [0.1, 0.15) is 258 Å². The third-order valence-corrected chi connectivity index (χ3v) is 17.7. The average Bonchev–Trinajstić information content (AvgIpc) is 2.15. The zero-order chi connectivity index (χ0) is 63.5. The van der Waals surface area contributed by atoms with Gasteiger partial charge in [-0.25, -0.2) is 0 Å². The maximum Gasteiger partial charge on any atom is 0.310 e. The van der Waals surface area contributed by atoms with Crippen molar-refractivity contribution in [1.82, 2.24) is 0 Å². The molecule has 9 unspecified atom stereocenters. The summed E-state index contributed by atoms with van der Waals surface area (Å²) in [5, 5.41) is 41.7. The van der Waals surface area contributed by atoms with E-state index >= 15 is 0 Å². The van der Waals surface area contributed by atoms with Gasteiger partial charge in [-0.15, -0.1) is 0 Å². The van der Waals surface area contributed by atoms with E-state index in [0.29, 0.717) is 64.2 Å². The van der Waals surface area contributed by atoms with Crippen LogP contribution in [0, 0.1) is 40.9 Å². The van der Waals surface area contributed by atoms with Gasteiger partial charge in [-0.1, -0.05) is 181 Å². The number of aliphatic hydroxyl groups is 4. The number of ether oxygens (including phenoxy) is 8. The van der Waals surface area contributed by atoms with Gasteiger partial charge >= 0.3 is 47.8 Å². The molecule has 0 bridgehead atoms. The number of hydrogen-bond donors (Lipinski definition) is 4. The van der Waals surface area contributed by atoms with E-state index < -0.39 is 147 Å². The molecule has 4 N–H and O–H groups in total. The lowest BCUT2D eigenvalue weighted by molar-refractivity contribution is -0.181. The molecule has 3 saturated carbocycles. The summed E-state index contributed by atoms with van der Waals surface area (Å²) in [6.07, 6.45) is 25.7. The van der Waals surface area contributed by atoms with Crippen LogP contribution in [0.3, 0.4) is 0 Å². The van der Waals surface area contributed by atoms with Crippen molar-refractivity contribution in [2.45, 2.75) is 277 Å². The van der Waals surface area contributed by atoms with Gasteiger partial charge in [0.25, 0.3) is 0 Å². The Labute approximate surface area is 519 Å². The molecule has 0 amide bonds. The van der Waals surface area contributed by atoms with Gasteiger partial charge in [0.2, 0.25) is 0 Å². The Kier molecular flexibility index (Phi) is 41.2. The maximum absolute atomic E-state index is 14.2. The first-order chi connectivity index (χ1) is 42.2. The van der Waals surface area contributed by atoms with E-state index in [4.69, 9.17) is 37.9 Å². The average molecular weight is 1240 g/mol. The highest BCUT2D eigenvalue weighted by Gasteiger charge is 2.45. The summed E-state index contributed by atoms with van der Waals surface area (Å²) in [4.78, 5) is 109. The number of hydrogen-bond acceptors (Lipinski definition) is 20. The molecule has 0 aromatic rings. The molecule has 3 fully saturated rings. The van der Waals surface area contributed by atoms with Crippen molar-refractivity contribution in [3.63, 3.8) is 0 Å². The molecule has 0 saturated heterocycles. The Morgan fingerprint density at radius 3 is 0.897 bits per heavy atom. The first-order valence-corrected chi connectivity index (χ1v) is 34.1. The van der Waals surface area contributed by atoms with Crippen LogP contribution < -0.4 is 0 Å². The second-order valence-electron chi connectivity index (χ2n) is 25.1. The summed E-state index contributed by atoms with van der Waals surface area (Å²) in [5.41, 5.74) is -1.80. The van der Waals surface area contributed by atoms with Crippen LogP contribution in [0.25, 0.3) is 0 Å². The van der Waals surface area contributed by atoms with Gasteiger partial charge in [0, 0.05) is 12.8 Å². The highest BCUT2D eigenvalue weighted by molar-refractivity contribution is 5.84. The Hall–Kier alpha value is -4.40. The fourth-order valence-electron chi connectivity index (χ4n) is 12.0. The molecule has 0 aliphatic heterocycles. The number of rotatable bonds is 48. The van der Waals surface area contributed by atoms with Crippen molar-refractivity contribution in [3.8, 4) is 0 Å². The Balaban J connectivity index is 1.75. The van der Waals surface area contributed by atoms with Crippen molar-refractivity contribution in [2.24, 2.45) is 40.9 Å². The quantitative estimate of drug-likeness (QED) is 0.0250. The van der Waals surface area contributed by atoms with E-state index in [2.05, 4.69) is 20.8 Å². The molecule has 87 heavy (non-hydrogen) atoms. The number of aliphatic hydroxyl groups excluding tert-OH is 4. The van der Waals surface area contributed by atoms with E-state index in [9.17, 15) is 58.8 Å². The van der Waals surface area contributed by atoms with Crippen LogP contribution in [0.5, 0.6) is 0 Å². The lowest BCUT2D eigenvalue weighted by atomic mass is 9.79. The fourth-order valence-corrected chi connectivity index (χ4v) is 12.0. The Bertz CT molecular complexity index is 1850. The molecule has 20 heteroatoms. The van der Waals surface area contributed by atoms with Gasteiger partial charge in [0.05, 0.1) is 67.3 Å². The van der Waals surface area contributed by atoms with Gasteiger partial charge in [-0.05, 0) is 64.2 Å². The van der Waals surface area contributed by atoms with Crippen LogP contribution in [0.2, 0.25) is 0 Å². The van der Waals surface area contributed by atoms with Crippen molar-refractivity contribution in [1.29, 1.82) is 0 Å². The van der Waals surface area contributed by atoms with Gasteiger partial charge in [0.1, 0.15) is 39.1 Å². The predicted octanol–water partition coefficient (Wildman–Crippen LogP) is 10.6. The molecule has 20 nitrogen and oxygen atoms in total. The van der Waals surface area contributed by atoms with E-state index in [1.165, 1.54) is 38.5 Å². The molecular weight excluding hydrogens is 1120 g/mol. The molecule has 0 radical (unpaired) electrons. The Morgan fingerprint density at radius 1 is 0.345 bits per heavy atom. The highest BCUT2D eigenvalue weighted by Crippen LogP contribution is 2.37.